The lowest BCUT2D eigenvalue weighted by molar-refractivity contribution is 0.0858. The molecule has 10 heteroatoms. The number of nitrogens with one attached hydrogen (secondary N) is 2. The molecule has 1 aromatic carbocycles. The molecular weight excluding hydrogens is 437 g/mol. The van der Waals surface area contributed by atoms with Gasteiger partial charge in [-0.3, -0.25) is 14.1 Å². The lowest BCUT2D eigenvalue weighted by atomic mass is 10.1. The Labute approximate surface area is 187 Å². The van der Waals surface area contributed by atoms with Crippen LogP contribution in [0.5, 0.6) is 0 Å². The highest BCUT2D eigenvalue weighted by Crippen LogP contribution is 2.48. The zero-order valence-corrected chi connectivity index (χ0v) is 19.3. The van der Waals surface area contributed by atoms with Crippen molar-refractivity contribution in [2.24, 2.45) is 7.05 Å². The molecule has 1 heterocycles. The molecule has 1 aliphatic carbocycles. The van der Waals surface area contributed by atoms with Crippen LogP contribution in [-0.4, -0.2) is 40.7 Å². The number of rotatable bonds is 10. The van der Waals surface area contributed by atoms with E-state index in [0.717, 1.165) is 5.56 Å². The fourth-order valence-corrected chi connectivity index (χ4v) is 5.47. The van der Waals surface area contributed by atoms with Crippen molar-refractivity contribution in [1.82, 2.24) is 4.57 Å². The number of halogens is 1. The Morgan fingerprint density at radius 2 is 1.88 bits per heavy atom. The zero-order valence-electron chi connectivity index (χ0n) is 18.5. The number of aromatic nitrogens is 1. The number of nitrogens with zero attached hydrogens (tertiary/aromatic N) is 1. The van der Waals surface area contributed by atoms with E-state index in [1.54, 1.807) is 19.1 Å². The van der Waals surface area contributed by atoms with Gasteiger partial charge >= 0.3 is 0 Å². The van der Waals surface area contributed by atoms with Crippen LogP contribution in [0.2, 0.25) is 0 Å². The molecule has 0 amide bonds. The second-order valence-electron chi connectivity index (χ2n) is 8.27. The number of benzene rings is 1. The minimum atomic E-state index is -3.97. The number of aliphatic hydroxyl groups excluding tert-OH is 2. The van der Waals surface area contributed by atoms with E-state index in [9.17, 15) is 22.7 Å². The Bertz CT molecular complexity index is 1160. The number of aryl methyl sites for hydroxylation is 2. The van der Waals surface area contributed by atoms with Gasteiger partial charge in [0.25, 0.3) is 5.56 Å². The molecule has 0 radical (unpaired) electrons. The summed E-state index contributed by atoms with van der Waals surface area (Å²) in [6.45, 7) is 3.16. The molecule has 1 atom stereocenters. The minimum absolute atomic E-state index is 0.0961. The third-order valence-corrected chi connectivity index (χ3v) is 8.21. The van der Waals surface area contributed by atoms with E-state index in [2.05, 4.69) is 10.0 Å². The molecule has 1 fully saturated rings. The topological polar surface area (TPSA) is 121 Å². The van der Waals surface area contributed by atoms with Gasteiger partial charge in [-0.05, 0) is 55.9 Å². The maximum atomic E-state index is 14.6. The summed E-state index contributed by atoms with van der Waals surface area (Å²) < 4.78 is 43.6. The first-order chi connectivity index (χ1) is 15.1. The minimum Gasteiger partial charge on any atom is -0.394 e. The number of pyridine rings is 1. The molecule has 0 spiro atoms. The summed E-state index contributed by atoms with van der Waals surface area (Å²) in [5.41, 5.74) is 1.12. The predicted molar refractivity (Wildman–Crippen MR) is 122 cm³/mol. The summed E-state index contributed by atoms with van der Waals surface area (Å²) >= 11 is 0. The quantitative estimate of drug-likeness (QED) is 0.426. The van der Waals surface area contributed by atoms with Crippen LogP contribution in [0.25, 0.3) is 0 Å². The van der Waals surface area contributed by atoms with E-state index in [1.807, 2.05) is 6.92 Å². The molecule has 176 valence electrons. The number of aliphatic hydroxyl groups is 2. The Hall–Kier alpha value is -2.43. The summed E-state index contributed by atoms with van der Waals surface area (Å²) in [7, 11) is -2.48. The number of anilines is 3. The van der Waals surface area contributed by atoms with E-state index in [4.69, 9.17) is 5.11 Å². The largest absolute Gasteiger partial charge is 0.394 e. The van der Waals surface area contributed by atoms with Crippen molar-refractivity contribution in [2.75, 3.05) is 16.6 Å². The lowest BCUT2D eigenvalue weighted by Crippen LogP contribution is -2.35. The van der Waals surface area contributed by atoms with Crippen LogP contribution >= 0.6 is 0 Å². The van der Waals surface area contributed by atoms with Crippen LogP contribution in [0.4, 0.5) is 21.6 Å². The Balaban J connectivity index is 2.04. The van der Waals surface area contributed by atoms with Crippen LogP contribution < -0.4 is 15.6 Å². The van der Waals surface area contributed by atoms with Crippen LogP contribution in [0, 0.1) is 5.82 Å². The first-order valence-corrected chi connectivity index (χ1v) is 12.2. The second-order valence-corrected chi connectivity index (χ2v) is 10.3. The molecular formula is C22H30FN3O5S. The Kier molecular flexibility index (Phi) is 6.97. The van der Waals surface area contributed by atoms with Gasteiger partial charge in [-0.25, -0.2) is 12.8 Å². The highest BCUT2D eigenvalue weighted by atomic mass is 32.2. The monoisotopic (exact) mass is 467 g/mol. The summed E-state index contributed by atoms with van der Waals surface area (Å²) in [4.78, 5) is 12.7. The number of hydrogen-bond donors (Lipinski definition) is 4. The molecule has 3 rings (SSSR count). The molecule has 1 aromatic heterocycles. The van der Waals surface area contributed by atoms with Crippen molar-refractivity contribution < 1.29 is 23.0 Å². The highest BCUT2D eigenvalue weighted by Gasteiger charge is 2.55. The Morgan fingerprint density at radius 3 is 2.41 bits per heavy atom. The van der Waals surface area contributed by atoms with E-state index in [1.165, 1.54) is 23.7 Å². The van der Waals surface area contributed by atoms with Gasteiger partial charge in [-0.1, -0.05) is 19.9 Å². The molecule has 4 N–H and O–H groups in total. The van der Waals surface area contributed by atoms with Gasteiger partial charge in [0.05, 0.1) is 28.8 Å². The van der Waals surface area contributed by atoms with Gasteiger partial charge in [0.15, 0.2) is 0 Å². The van der Waals surface area contributed by atoms with Crippen LogP contribution in [0.15, 0.2) is 29.1 Å². The van der Waals surface area contributed by atoms with Crippen molar-refractivity contribution in [2.45, 2.75) is 56.8 Å². The fourth-order valence-electron chi connectivity index (χ4n) is 3.76. The van der Waals surface area contributed by atoms with Crippen molar-refractivity contribution >= 4 is 27.2 Å². The van der Waals surface area contributed by atoms with Crippen molar-refractivity contribution in [3.05, 3.63) is 51.6 Å². The molecule has 1 unspecified atom stereocenters. The van der Waals surface area contributed by atoms with Gasteiger partial charge in [-0.15, -0.1) is 0 Å². The first-order valence-electron chi connectivity index (χ1n) is 10.7. The maximum Gasteiger partial charge on any atom is 0.255 e. The molecule has 0 saturated heterocycles. The molecule has 32 heavy (non-hydrogen) atoms. The van der Waals surface area contributed by atoms with Gasteiger partial charge in [0.2, 0.25) is 10.0 Å². The fraction of sp³-hybridized carbons (Fsp3) is 0.500. The lowest BCUT2D eigenvalue weighted by Gasteiger charge is -2.23. The standard InChI is InChI=1S/C22H30FN3O5S/c1-4-14-6-7-18(17(23)10-14)24-20-19(11-15(5-2)21(29)26(20)3)25-32(30,31)22(8-9-22)12-16(28)13-27/h6-7,10-11,16,24-25,27-28H,4-5,8-9,12-13H2,1-3H3. The number of hydrogen-bond acceptors (Lipinski definition) is 6. The van der Waals surface area contributed by atoms with Crippen molar-refractivity contribution in [3.8, 4) is 0 Å². The maximum absolute atomic E-state index is 14.6. The molecule has 1 saturated carbocycles. The molecule has 1 aliphatic rings. The van der Waals surface area contributed by atoms with Crippen LogP contribution in [-0.2, 0) is 29.9 Å². The van der Waals surface area contributed by atoms with Crippen molar-refractivity contribution in [3.63, 3.8) is 0 Å². The first kappa shape index (κ1) is 24.2. The van der Waals surface area contributed by atoms with Crippen LogP contribution in [0.3, 0.4) is 0 Å². The average Bonchev–Trinajstić information content (AvgIpc) is 3.55. The molecule has 2 aromatic rings. The van der Waals surface area contributed by atoms with E-state index >= 15 is 0 Å². The SMILES string of the molecule is CCc1ccc(Nc2c(NS(=O)(=O)C3(CC(O)CO)CC3)cc(CC)c(=O)n2C)c(F)c1. The van der Waals surface area contributed by atoms with E-state index in [-0.39, 0.29) is 29.2 Å². The summed E-state index contributed by atoms with van der Waals surface area (Å²) in [6, 6.07) is 6.15. The van der Waals surface area contributed by atoms with Gasteiger partial charge in [-0.2, -0.15) is 0 Å². The summed E-state index contributed by atoms with van der Waals surface area (Å²) in [5, 5.41) is 21.8. The third kappa shape index (κ3) is 4.67. The third-order valence-electron chi connectivity index (χ3n) is 6.00. The summed E-state index contributed by atoms with van der Waals surface area (Å²) in [5.74, 6) is -0.410. The number of sulfonamides is 1. The van der Waals surface area contributed by atoms with Crippen LogP contribution in [0.1, 0.15) is 44.2 Å². The van der Waals surface area contributed by atoms with Gasteiger partial charge < -0.3 is 15.5 Å². The second kappa shape index (κ2) is 9.21. The van der Waals surface area contributed by atoms with E-state index in [0.29, 0.717) is 31.2 Å². The normalized spacial score (nSPS) is 15.9. The van der Waals surface area contributed by atoms with Gasteiger partial charge in [0.1, 0.15) is 11.6 Å². The predicted octanol–water partition coefficient (Wildman–Crippen LogP) is 2.41. The summed E-state index contributed by atoms with van der Waals surface area (Å²) in [6.07, 6.45) is 0.498. The zero-order chi connectivity index (χ0) is 23.7. The van der Waals surface area contributed by atoms with Crippen molar-refractivity contribution in [1.29, 1.82) is 0 Å². The Morgan fingerprint density at radius 1 is 1.19 bits per heavy atom. The molecule has 8 nitrogen and oxygen atoms in total. The van der Waals surface area contributed by atoms with Gasteiger partial charge in [0, 0.05) is 12.6 Å². The smallest absolute Gasteiger partial charge is 0.255 e. The molecule has 0 bridgehead atoms. The highest BCUT2D eigenvalue weighted by molar-refractivity contribution is 7.94. The average molecular weight is 468 g/mol. The van der Waals surface area contributed by atoms with E-state index < -0.39 is 33.3 Å². The molecule has 0 aliphatic heterocycles.